The Hall–Kier alpha value is -2.34. The number of hydrogen-bond acceptors (Lipinski definition) is 5. The molecule has 5 rings (SSSR count). The van der Waals surface area contributed by atoms with Gasteiger partial charge < -0.3 is 0 Å². The van der Waals surface area contributed by atoms with E-state index >= 15 is 0 Å². The maximum absolute atomic E-state index is 6.27. The van der Waals surface area contributed by atoms with Crippen LogP contribution in [0.4, 0.5) is 0 Å². The van der Waals surface area contributed by atoms with Crippen molar-refractivity contribution in [1.82, 2.24) is 0 Å². The van der Waals surface area contributed by atoms with E-state index in [1.54, 1.807) is 14.2 Å². The summed E-state index contributed by atoms with van der Waals surface area (Å²) in [6.07, 6.45) is 5.51. The second-order valence-electron chi connectivity index (χ2n) is 9.89. The number of rotatable bonds is 11. The van der Waals surface area contributed by atoms with Crippen molar-refractivity contribution in [3.63, 3.8) is 0 Å². The summed E-state index contributed by atoms with van der Waals surface area (Å²) in [5.41, 5.74) is 5.10. The van der Waals surface area contributed by atoms with Gasteiger partial charge in [-0.2, -0.15) is 0 Å². The molecule has 38 heavy (non-hydrogen) atoms. The third kappa shape index (κ3) is 6.11. The molecule has 0 amide bonds. The fourth-order valence-electron chi connectivity index (χ4n) is 5.61. The molecule has 2 heterocycles. The van der Waals surface area contributed by atoms with E-state index in [0.717, 1.165) is 56.8 Å². The molecular weight excluding hydrogens is 543 g/mol. The SMILES string of the molecule is COc1ccc(C[C@H]([Se]c2c([C@@H]3CCCO3)cccc2[C@@H]2CCCO2)[C@H](OC)c2ccccc2)cc1OC. The van der Waals surface area contributed by atoms with Crippen LogP contribution in [0.1, 0.15) is 66.2 Å². The van der Waals surface area contributed by atoms with Crippen LogP contribution in [0.3, 0.4) is 0 Å². The fraction of sp³-hybridized carbons (Fsp3) is 0.438. The summed E-state index contributed by atoms with van der Waals surface area (Å²) in [5, 5.41) is 0. The molecule has 0 radical (unpaired) electrons. The van der Waals surface area contributed by atoms with Crippen LogP contribution in [-0.4, -0.2) is 49.5 Å². The summed E-state index contributed by atoms with van der Waals surface area (Å²) in [6, 6.07) is 23.6. The van der Waals surface area contributed by atoms with Crippen molar-refractivity contribution in [1.29, 1.82) is 0 Å². The van der Waals surface area contributed by atoms with Crippen molar-refractivity contribution in [3.05, 3.63) is 89.0 Å². The van der Waals surface area contributed by atoms with E-state index in [-0.39, 0.29) is 38.1 Å². The summed E-state index contributed by atoms with van der Waals surface area (Å²) in [5.74, 6) is 1.50. The number of hydrogen-bond donors (Lipinski definition) is 0. The van der Waals surface area contributed by atoms with Gasteiger partial charge >= 0.3 is 233 Å². The molecule has 3 aromatic rings. The van der Waals surface area contributed by atoms with E-state index in [4.69, 9.17) is 23.7 Å². The Bertz CT molecular complexity index is 1140. The first-order valence-electron chi connectivity index (χ1n) is 13.5. The zero-order chi connectivity index (χ0) is 26.3. The van der Waals surface area contributed by atoms with Crippen molar-refractivity contribution >= 4 is 19.4 Å². The van der Waals surface area contributed by atoms with Gasteiger partial charge in [-0.1, -0.05) is 0 Å². The van der Waals surface area contributed by atoms with Crippen molar-refractivity contribution in [2.24, 2.45) is 0 Å². The van der Waals surface area contributed by atoms with Crippen molar-refractivity contribution in [2.75, 3.05) is 34.5 Å². The van der Waals surface area contributed by atoms with Crippen molar-refractivity contribution < 1.29 is 23.7 Å². The van der Waals surface area contributed by atoms with Crippen LogP contribution >= 0.6 is 0 Å². The van der Waals surface area contributed by atoms with Gasteiger partial charge in [-0.05, 0) is 0 Å². The number of ether oxygens (including phenoxy) is 5. The van der Waals surface area contributed by atoms with E-state index in [2.05, 4.69) is 60.7 Å². The quantitative estimate of drug-likeness (QED) is 0.254. The van der Waals surface area contributed by atoms with Gasteiger partial charge in [-0.25, -0.2) is 0 Å². The van der Waals surface area contributed by atoms with Crippen molar-refractivity contribution in [3.8, 4) is 11.5 Å². The molecular formula is C32H38O5Se. The first-order valence-corrected chi connectivity index (χ1v) is 15.4. The molecule has 0 spiro atoms. The van der Waals surface area contributed by atoms with Gasteiger partial charge in [0.05, 0.1) is 0 Å². The molecule has 0 unspecified atom stereocenters. The van der Waals surface area contributed by atoms with E-state index in [1.165, 1.54) is 26.7 Å². The summed E-state index contributed by atoms with van der Waals surface area (Å²) in [7, 11) is 5.20. The summed E-state index contributed by atoms with van der Waals surface area (Å²) >= 11 is 0.0908. The molecule has 2 fully saturated rings. The van der Waals surface area contributed by atoms with Crippen LogP contribution in [0.5, 0.6) is 11.5 Å². The standard InChI is InChI=1S/C32H38O5Se/c1-33-28-17-16-22(20-29(28)34-2)21-30(31(35-3)23-10-5-4-6-11-23)38-32-24(26-14-8-18-36-26)12-7-13-25(32)27-15-9-19-37-27/h4-7,10-13,16-17,20,26-27,30-31H,8-9,14-15,18-19,21H2,1-3H3/t26-,27-,30-,31+/m0/s1. The molecule has 2 aliphatic heterocycles. The molecule has 4 atom stereocenters. The minimum absolute atomic E-state index is 0.0424. The Morgan fingerprint density at radius 3 is 2.00 bits per heavy atom. The van der Waals surface area contributed by atoms with Gasteiger partial charge in [0.15, 0.2) is 0 Å². The van der Waals surface area contributed by atoms with E-state index in [9.17, 15) is 0 Å². The molecule has 0 aromatic heterocycles. The first kappa shape index (κ1) is 27.2. The predicted molar refractivity (Wildman–Crippen MR) is 151 cm³/mol. The zero-order valence-electron chi connectivity index (χ0n) is 22.6. The predicted octanol–water partition coefficient (Wildman–Crippen LogP) is 6.16. The van der Waals surface area contributed by atoms with Crippen molar-refractivity contribution in [2.45, 2.75) is 55.2 Å². The molecule has 0 N–H and O–H groups in total. The molecule has 2 saturated heterocycles. The zero-order valence-corrected chi connectivity index (χ0v) is 24.3. The van der Waals surface area contributed by atoms with Gasteiger partial charge in [0.25, 0.3) is 0 Å². The molecule has 0 saturated carbocycles. The summed E-state index contributed by atoms with van der Waals surface area (Å²) in [6.45, 7) is 1.67. The second-order valence-corrected chi connectivity index (χ2v) is 12.5. The van der Waals surface area contributed by atoms with Gasteiger partial charge in [-0.15, -0.1) is 0 Å². The molecule has 2 aliphatic rings. The van der Waals surface area contributed by atoms with Crippen LogP contribution in [0.2, 0.25) is 4.82 Å². The maximum atomic E-state index is 6.27. The fourth-order valence-corrected chi connectivity index (χ4v) is 9.05. The molecule has 0 bridgehead atoms. The van der Waals surface area contributed by atoms with Crippen LogP contribution < -0.4 is 13.9 Å². The Labute approximate surface area is 232 Å². The summed E-state index contributed by atoms with van der Waals surface area (Å²) in [4.78, 5) is 0.246. The molecule has 202 valence electrons. The Kier molecular flexibility index (Phi) is 9.42. The van der Waals surface area contributed by atoms with Gasteiger partial charge in [-0.3, -0.25) is 0 Å². The van der Waals surface area contributed by atoms with Crippen LogP contribution in [-0.2, 0) is 20.6 Å². The minimum atomic E-state index is -0.0424. The van der Waals surface area contributed by atoms with E-state index in [0.29, 0.717) is 0 Å². The first-order chi connectivity index (χ1) is 18.7. The Morgan fingerprint density at radius 2 is 1.45 bits per heavy atom. The molecule has 3 aromatic carbocycles. The molecule has 5 nitrogen and oxygen atoms in total. The van der Waals surface area contributed by atoms with E-state index < -0.39 is 0 Å². The summed E-state index contributed by atoms with van der Waals surface area (Å²) < 4.78 is 31.3. The van der Waals surface area contributed by atoms with E-state index in [1.807, 2.05) is 13.2 Å². The number of benzene rings is 3. The normalized spacial score (nSPS) is 20.8. The topological polar surface area (TPSA) is 46.2 Å². The third-order valence-corrected chi connectivity index (χ3v) is 10.5. The number of methoxy groups -OCH3 is 3. The van der Waals surface area contributed by atoms with Crippen LogP contribution in [0.25, 0.3) is 0 Å². The van der Waals surface area contributed by atoms with Crippen LogP contribution in [0.15, 0.2) is 66.7 Å². The third-order valence-electron chi connectivity index (χ3n) is 7.50. The Morgan fingerprint density at radius 1 is 0.789 bits per heavy atom. The average Bonchev–Trinajstić information content (AvgIpc) is 3.69. The monoisotopic (exact) mass is 582 g/mol. The second kappa shape index (κ2) is 13.1. The van der Waals surface area contributed by atoms with Gasteiger partial charge in [0, 0.05) is 0 Å². The van der Waals surface area contributed by atoms with Gasteiger partial charge in [0.1, 0.15) is 0 Å². The van der Waals surface area contributed by atoms with Gasteiger partial charge in [0.2, 0.25) is 0 Å². The average molecular weight is 582 g/mol. The molecule has 0 aliphatic carbocycles. The van der Waals surface area contributed by atoms with Crippen LogP contribution in [0, 0.1) is 0 Å². The Balaban J connectivity index is 1.56. The molecule has 6 heteroatoms.